The molecule has 0 aliphatic heterocycles. The van der Waals surface area contributed by atoms with Crippen LogP contribution in [-0.2, 0) is 6.54 Å². The van der Waals surface area contributed by atoms with Gasteiger partial charge in [-0.25, -0.2) is 0 Å². The Hall–Kier alpha value is -1.86. The first kappa shape index (κ1) is 12.2. The van der Waals surface area contributed by atoms with Gasteiger partial charge in [-0.3, -0.25) is 9.69 Å². The maximum absolute atomic E-state index is 11.3. The van der Waals surface area contributed by atoms with Crippen molar-refractivity contribution in [3.63, 3.8) is 0 Å². The first-order chi connectivity index (χ1) is 7.67. The predicted octanol–water partition coefficient (Wildman–Crippen LogP) is 1.00. The largest absolute Gasteiger partial charge is 0.355 e. The molecule has 0 radical (unpaired) electrons. The summed E-state index contributed by atoms with van der Waals surface area (Å²) >= 11 is 0. The zero-order valence-corrected chi connectivity index (χ0v) is 9.53. The molecule has 0 saturated heterocycles. The molecule has 84 valence electrons. The molecule has 1 amide bonds. The molecule has 1 rings (SSSR count). The van der Waals surface area contributed by atoms with Gasteiger partial charge in [0.1, 0.15) is 0 Å². The Morgan fingerprint density at radius 3 is 2.56 bits per heavy atom. The summed E-state index contributed by atoms with van der Waals surface area (Å²) in [4.78, 5) is 13.2. The van der Waals surface area contributed by atoms with Crippen molar-refractivity contribution in [1.29, 1.82) is 5.26 Å². The molecule has 1 N–H and O–H groups in total. The average Bonchev–Trinajstić information content (AvgIpc) is 2.29. The van der Waals surface area contributed by atoms with Gasteiger partial charge in [0, 0.05) is 19.2 Å². The molecular weight excluding hydrogens is 202 g/mol. The van der Waals surface area contributed by atoms with Gasteiger partial charge >= 0.3 is 0 Å². The van der Waals surface area contributed by atoms with Crippen LogP contribution in [0.5, 0.6) is 0 Å². The molecule has 4 heteroatoms. The minimum atomic E-state index is -0.0862. The van der Waals surface area contributed by atoms with Gasteiger partial charge in [-0.1, -0.05) is 12.1 Å². The number of hydrogen-bond acceptors (Lipinski definition) is 3. The second-order valence-electron chi connectivity index (χ2n) is 3.61. The van der Waals surface area contributed by atoms with E-state index in [1.165, 1.54) is 0 Å². The number of nitriles is 1. The Labute approximate surface area is 95.5 Å². The molecule has 1 aromatic carbocycles. The van der Waals surface area contributed by atoms with Crippen molar-refractivity contribution < 1.29 is 4.79 Å². The van der Waals surface area contributed by atoms with Crippen LogP contribution in [0.15, 0.2) is 24.3 Å². The van der Waals surface area contributed by atoms with Crippen LogP contribution in [0.4, 0.5) is 0 Å². The average molecular weight is 217 g/mol. The smallest absolute Gasteiger partial charge is 0.251 e. The first-order valence-electron chi connectivity index (χ1n) is 5.04. The third-order valence-electron chi connectivity index (χ3n) is 2.24. The van der Waals surface area contributed by atoms with Crippen molar-refractivity contribution in [3.8, 4) is 6.07 Å². The van der Waals surface area contributed by atoms with Crippen LogP contribution in [0, 0.1) is 11.3 Å². The fourth-order valence-electron chi connectivity index (χ4n) is 1.39. The highest BCUT2D eigenvalue weighted by Gasteiger charge is 2.03. The summed E-state index contributed by atoms with van der Waals surface area (Å²) in [7, 11) is 3.49. The molecule has 16 heavy (non-hydrogen) atoms. The van der Waals surface area contributed by atoms with Crippen molar-refractivity contribution in [1.82, 2.24) is 10.2 Å². The summed E-state index contributed by atoms with van der Waals surface area (Å²) in [5, 5.41) is 11.1. The van der Waals surface area contributed by atoms with Crippen LogP contribution in [0.3, 0.4) is 0 Å². The van der Waals surface area contributed by atoms with Crippen LogP contribution < -0.4 is 5.32 Å². The van der Waals surface area contributed by atoms with Crippen molar-refractivity contribution in [2.24, 2.45) is 0 Å². The zero-order valence-electron chi connectivity index (χ0n) is 9.53. The van der Waals surface area contributed by atoms with Crippen LogP contribution in [-0.4, -0.2) is 31.4 Å². The number of carbonyl (C=O) groups is 1. The molecule has 0 spiro atoms. The molecule has 0 atom stereocenters. The van der Waals surface area contributed by atoms with Gasteiger partial charge in [0.05, 0.1) is 12.6 Å². The lowest BCUT2D eigenvalue weighted by Gasteiger charge is -2.12. The van der Waals surface area contributed by atoms with E-state index in [1.807, 2.05) is 24.1 Å². The SMILES string of the molecule is CNC(=O)c1ccc(CN(C)CC#N)cc1. The van der Waals surface area contributed by atoms with Crippen molar-refractivity contribution >= 4 is 5.91 Å². The number of nitrogens with one attached hydrogen (secondary N) is 1. The van der Waals surface area contributed by atoms with Crippen molar-refractivity contribution in [2.75, 3.05) is 20.6 Å². The minimum Gasteiger partial charge on any atom is -0.355 e. The molecule has 0 heterocycles. The highest BCUT2D eigenvalue weighted by molar-refractivity contribution is 5.93. The normalized spacial score (nSPS) is 9.88. The summed E-state index contributed by atoms with van der Waals surface area (Å²) in [5.41, 5.74) is 1.74. The molecule has 0 aliphatic carbocycles. The van der Waals surface area contributed by atoms with Gasteiger partial charge in [-0.2, -0.15) is 5.26 Å². The topological polar surface area (TPSA) is 56.1 Å². The molecule has 0 unspecified atom stereocenters. The number of nitrogens with zero attached hydrogens (tertiary/aromatic N) is 2. The summed E-state index contributed by atoms with van der Waals surface area (Å²) in [6, 6.07) is 9.46. The number of hydrogen-bond donors (Lipinski definition) is 1. The third kappa shape index (κ3) is 3.37. The summed E-state index contributed by atoms with van der Waals surface area (Å²) in [5.74, 6) is -0.0862. The second kappa shape index (κ2) is 5.89. The summed E-state index contributed by atoms with van der Waals surface area (Å²) < 4.78 is 0. The summed E-state index contributed by atoms with van der Waals surface area (Å²) in [6.07, 6.45) is 0. The molecule has 0 saturated carbocycles. The van der Waals surface area contributed by atoms with Gasteiger partial charge in [-0.05, 0) is 24.7 Å². The lowest BCUT2D eigenvalue weighted by atomic mass is 10.1. The maximum atomic E-state index is 11.3. The highest BCUT2D eigenvalue weighted by atomic mass is 16.1. The fraction of sp³-hybridized carbons (Fsp3) is 0.333. The molecule has 4 nitrogen and oxygen atoms in total. The monoisotopic (exact) mass is 217 g/mol. The van der Waals surface area contributed by atoms with Gasteiger partial charge in [0.25, 0.3) is 5.91 Å². The highest BCUT2D eigenvalue weighted by Crippen LogP contribution is 2.06. The van der Waals surface area contributed by atoms with E-state index in [2.05, 4.69) is 11.4 Å². The molecule has 1 aromatic rings. The van der Waals surface area contributed by atoms with Gasteiger partial charge in [0.2, 0.25) is 0 Å². The van der Waals surface area contributed by atoms with Crippen molar-refractivity contribution in [3.05, 3.63) is 35.4 Å². The Morgan fingerprint density at radius 1 is 1.44 bits per heavy atom. The van der Waals surface area contributed by atoms with Crippen LogP contribution in [0.25, 0.3) is 0 Å². The standard InChI is InChI=1S/C12H15N3O/c1-14-12(16)11-5-3-10(4-6-11)9-15(2)8-7-13/h3-6H,8-9H2,1-2H3,(H,14,16). The number of rotatable bonds is 4. The van der Waals surface area contributed by atoms with E-state index < -0.39 is 0 Å². The van der Waals surface area contributed by atoms with E-state index in [-0.39, 0.29) is 5.91 Å². The fourth-order valence-corrected chi connectivity index (χ4v) is 1.39. The van der Waals surface area contributed by atoms with E-state index >= 15 is 0 Å². The third-order valence-corrected chi connectivity index (χ3v) is 2.24. The Bertz CT molecular complexity index is 392. The number of carbonyl (C=O) groups excluding carboxylic acids is 1. The number of benzene rings is 1. The molecule has 0 aliphatic rings. The zero-order chi connectivity index (χ0) is 12.0. The first-order valence-corrected chi connectivity index (χ1v) is 5.04. The lowest BCUT2D eigenvalue weighted by Crippen LogP contribution is -2.19. The van der Waals surface area contributed by atoms with E-state index in [9.17, 15) is 4.79 Å². The molecule has 0 fully saturated rings. The van der Waals surface area contributed by atoms with Crippen molar-refractivity contribution in [2.45, 2.75) is 6.54 Å². The van der Waals surface area contributed by atoms with E-state index in [1.54, 1.807) is 19.2 Å². The van der Waals surface area contributed by atoms with E-state index in [4.69, 9.17) is 5.26 Å². The Morgan fingerprint density at radius 2 is 2.06 bits per heavy atom. The van der Waals surface area contributed by atoms with Crippen LogP contribution in [0.1, 0.15) is 15.9 Å². The van der Waals surface area contributed by atoms with Gasteiger partial charge < -0.3 is 5.32 Å². The van der Waals surface area contributed by atoms with Gasteiger partial charge in [0.15, 0.2) is 0 Å². The van der Waals surface area contributed by atoms with E-state index in [0.717, 1.165) is 5.56 Å². The Kier molecular flexibility index (Phi) is 4.49. The predicted molar refractivity (Wildman–Crippen MR) is 61.8 cm³/mol. The minimum absolute atomic E-state index is 0.0862. The molecule has 0 aromatic heterocycles. The maximum Gasteiger partial charge on any atom is 0.251 e. The number of amides is 1. The lowest BCUT2D eigenvalue weighted by molar-refractivity contribution is 0.0963. The molecule has 0 bridgehead atoms. The quantitative estimate of drug-likeness (QED) is 0.765. The van der Waals surface area contributed by atoms with Crippen LogP contribution >= 0.6 is 0 Å². The van der Waals surface area contributed by atoms with Crippen LogP contribution in [0.2, 0.25) is 0 Å². The summed E-state index contributed by atoms with van der Waals surface area (Å²) in [6.45, 7) is 1.11. The van der Waals surface area contributed by atoms with E-state index in [0.29, 0.717) is 18.7 Å². The second-order valence-corrected chi connectivity index (χ2v) is 3.61. The molecular formula is C12H15N3O. The van der Waals surface area contributed by atoms with Gasteiger partial charge in [-0.15, -0.1) is 0 Å². The Balaban J connectivity index is 2.65.